The van der Waals surface area contributed by atoms with E-state index in [4.69, 9.17) is 18.9 Å². The van der Waals surface area contributed by atoms with Crippen molar-refractivity contribution in [1.29, 1.82) is 0 Å². The summed E-state index contributed by atoms with van der Waals surface area (Å²) in [5.41, 5.74) is 2.78. The van der Waals surface area contributed by atoms with Crippen LogP contribution in [0.15, 0.2) is 91.0 Å². The average molecular weight is 479 g/mol. The van der Waals surface area contributed by atoms with Gasteiger partial charge in [-0.25, -0.2) is 0 Å². The lowest BCUT2D eigenvalue weighted by molar-refractivity contribution is -0.155. The minimum Gasteiger partial charge on any atom is -0.449 e. The van der Waals surface area contributed by atoms with Crippen LogP contribution in [0.25, 0.3) is 0 Å². The van der Waals surface area contributed by atoms with Crippen molar-refractivity contribution in [2.24, 2.45) is 0 Å². The van der Waals surface area contributed by atoms with Crippen LogP contribution in [0.1, 0.15) is 23.6 Å². The Hall–Kier alpha value is -2.64. The normalized spacial score (nSPS) is 21.9. The summed E-state index contributed by atoms with van der Waals surface area (Å²) < 4.78 is 24.4. The van der Waals surface area contributed by atoms with Crippen LogP contribution in [-0.2, 0) is 43.6 Å². The predicted molar refractivity (Wildman–Crippen MR) is 133 cm³/mol. The maximum Gasteiger partial charge on any atom is 0.303 e. The zero-order valence-electron chi connectivity index (χ0n) is 19.2. The molecule has 34 heavy (non-hydrogen) atoms. The lowest BCUT2D eigenvalue weighted by Crippen LogP contribution is -2.40. The molecule has 0 bridgehead atoms. The third-order valence-corrected chi connectivity index (χ3v) is 6.90. The van der Waals surface area contributed by atoms with E-state index >= 15 is 0 Å². The third-order valence-electron chi connectivity index (χ3n) is 5.51. The molecule has 178 valence electrons. The van der Waals surface area contributed by atoms with Crippen molar-refractivity contribution in [3.63, 3.8) is 0 Å². The highest BCUT2D eigenvalue weighted by atomic mass is 32.2. The van der Waals surface area contributed by atoms with Gasteiger partial charge in [0.15, 0.2) is 5.44 Å². The van der Waals surface area contributed by atoms with Gasteiger partial charge in [0, 0.05) is 6.92 Å². The average Bonchev–Trinajstić information content (AvgIpc) is 3.18. The predicted octanol–water partition coefficient (Wildman–Crippen LogP) is 5.38. The molecule has 0 N–H and O–H groups in total. The Morgan fingerprint density at radius 1 is 0.706 bits per heavy atom. The van der Waals surface area contributed by atoms with Crippen LogP contribution in [0.3, 0.4) is 0 Å². The number of rotatable bonds is 11. The fourth-order valence-electron chi connectivity index (χ4n) is 3.86. The van der Waals surface area contributed by atoms with E-state index in [9.17, 15) is 4.79 Å². The molecule has 1 heterocycles. The topological polar surface area (TPSA) is 54.0 Å². The molecule has 0 aliphatic carbocycles. The van der Waals surface area contributed by atoms with Crippen LogP contribution in [0, 0.1) is 0 Å². The molecule has 5 nitrogen and oxygen atoms in total. The number of thioether (sulfide) groups is 1. The second-order valence-corrected chi connectivity index (χ2v) is 9.52. The zero-order valence-corrected chi connectivity index (χ0v) is 20.1. The van der Waals surface area contributed by atoms with Gasteiger partial charge in [-0.2, -0.15) is 0 Å². The van der Waals surface area contributed by atoms with Crippen molar-refractivity contribution in [1.82, 2.24) is 0 Å². The second-order valence-electron chi connectivity index (χ2n) is 8.18. The van der Waals surface area contributed by atoms with Crippen LogP contribution in [0.2, 0.25) is 0 Å². The van der Waals surface area contributed by atoms with Gasteiger partial charge in [-0.15, -0.1) is 11.8 Å². The monoisotopic (exact) mass is 478 g/mol. The fraction of sp³-hybridized carbons (Fsp3) is 0.321. The Labute approximate surface area is 205 Å². The molecule has 0 radical (unpaired) electrons. The molecule has 4 rings (SSSR count). The van der Waals surface area contributed by atoms with E-state index in [0.717, 1.165) is 16.7 Å². The minimum atomic E-state index is -0.465. The van der Waals surface area contributed by atoms with E-state index < -0.39 is 11.5 Å². The molecule has 3 aromatic rings. The molecule has 1 aliphatic heterocycles. The van der Waals surface area contributed by atoms with Crippen molar-refractivity contribution < 1.29 is 23.7 Å². The highest BCUT2D eigenvalue weighted by Gasteiger charge is 2.48. The maximum absolute atomic E-state index is 11.8. The Kier molecular flexibility index (Phi) is 9.16. The van der Waals surface area contributed by atoms with Crippen LogP contribution in [0.4, 0.5) is 0 Å². The molecular weight excluding hydrogens is 448 g/mol. The third kappa shape index (κ3) is 7.18. The summed E-state index contributed by atoms with van der Waals surface area (Å²) in [5, 5.41) is -0.0439. The van der Waals surface area contributed by atoms with Crippen LogP contribution >= 0.6 is 11.8 Å². The number of carbonyl (C=O) groups excluding carboxylic acids is 1. The van der Waals surface area contributed by atoms with Gasteiger partial charge in [0.05, 0.1) is 31.7 Å². The smallest absolute Gasteiger partial charge is 0.303 e. The van der Waals surface area contributed by atoms with Gasteiger partial charge in [0.1, 0.15) is 12.2 Å². The summed E-state index contributed by atoms with van der Waals surface area (Å²) in [5.74, 6) is -0.335. The largest absolute Gasteiger partial charge is 0.449 e. The molecule has 1 fully saturated rings. The molecule has 4 atom stereocenters. The number of ether oxygens (including phenoxy) is 4. The van der Waals surface area contributed by atoms with Crippen molar-refractivity contribution in [2.45, 2.75) is 49.6 Å². The van der Waals surface area contributed by atoms with Crippen molar-refractivity contribution >= 4 is 17.7 Å². The first-order chi connectivity index (χ1) is 16.7. The first kappa shape index (κ1) is 24.5. The second kappa shape index (κ2) is 12.7. The molecule has 6 heteroatoms. The van der Waals surface area contributed by atoms with E-state index in [1.165, 1.54) is 6.92 Å². The van der Waals surface area contributed by atoms with Crippen molar-refractivity contribution in [3.8, 4) is 0 Å². The van der Waals surface area contributed by atoms with E-state index in [-0.39, 0.29) is 17.3 Å². The van der Waals surface area contributed by atoms with Gasteiger partial charge in [-0.3, -0.25) is 4.79 Å². The Bertz CT molecular complexity index is 999. The van der Waals surface area contributed by atoms with Crippen LogP contribution < -0.4 is 0 Å². The van der Waals surface area contributed by atoms with Gasteiger partial charge in [-0.05, 0) is 16.7 Å². The first-order valence-corrected chi connectivity index (χ1v) is 12.4. The molecule has 0 unspecified atom stereocenters. The minimum absolute atomic E-state index is 0.0439. The number of benzene rings is 3. The lowest BCUT2D eigenvalue weighted by atomic mass is 10.1. The zero-order chi connectivity index (χ0) is 23.6. The van der Waals surface area contributed by atoms with E-state index in [1.54, 1.807) is 11.8 Å². The van der Waals surface area contributed by atoms with Crippen LogP contribution in [0.5, 0.6) is 0 Å². The van der Waals surface area contributed by atoms with Gasteiger partial charge in [0.25, 0.3) is 0 Å². The quantitative estimate of drug-likeness (QED) is 0.345. The molecule has 1 saturated heterocycles. The van der Waals surface area contributed by atoms with Crippen molar-refractivity contribution in [2.75, 3.05) is 6.61 Å². The van der Waals surface area contributed by atoms with Crippen LogP contribution in [-0.4, -0.2) is 35.5 Å². The van der Waals surface area contributed by atoms with E-state index in [0.29, 0.717) is 26.4 Å². The molecule has 0 spiro atoms. The van der Waals surface area contributed by atoms with Gasteiger partial charge < -0.3 is 18.9 Å². The number of hydrogen-bond acceptors (Lipinski definition) is 6. The summed E-state index contributed by atoms with van der Waals surface area (Å²) in [6.45, 7) is 3.25. The Morgan fingerprint density at radius 2 is 1.18 bits per heavy atom. The highest BCUT2D eigenvalue weighted by Crippen LogP contribution is 2.40. The molecule has 1 aliphatic rings. The van der Waals surface area contributed by atoms with Gasteiger partial charge >= 0.3 is 5.97 Å². The summed E-state index contributed by atoms with van der Waals surface area (Å²) in [6.07, 6.45) is -0.711. The maximum atomic E-state index is 11.8. The number of hydrogen-bond donors (Lipinski definition) is 0. The van der Waals surface area contributed by atoms with E-state index in [1.807, 2.05) is 91.0 Å². The number of carbonyl (C=O) groups is 1. The van der Waals surface area contributed by atoms with Gasteiger partial charge in [-0.1, -0.05) is 91.0 Å². The van der Waals surface area contributed by atoms with Crippen molar-refractivity contribution in [3.05, 3.63) is 108 Å². The summed E-state index contributed by atoms with van der Waals surface area (Å²) in [6, 6.07) is 30.1. The standard InChI is InChI=1S/C28H30O5S/c1-21(29)33-28-27(32-19-24-15-9-4-10-16-24)26(31-18-23-13-7-3-8-14-23)25(34-28)20-30-17-22-11-5-2-6-12-22/h2-16,25-28H,17-20H2,1H3/t25-,26-,27-,28+/m1/s1. The Morgan fingerprint density at radius 3 is 1.68 bits per heavy atom. The Balaban J connectivity index is 1.47. The molecule has 0 amide bonds. The summed E-state index contributed by atoms with van der Waals surface area (Å²) in [7, 11) is 0. The summed E-state index contributed by atoms with van der Waals surface area (Å²) >= 11 is 1.54. The molecule has 0 saturated carbocycles. The fourth-order valence-corrected chi connectivity index (χ4v) is 5.35. The molecular formula is C28H30O5S. The lowest BCUT2D eigenvalue weighted by Gasteiger charge is -2.26. The molecule has 0 aromatic heterocycles. The SMILES string of the molecule is CC(=O)O[C@H]1S[C@H](COCc2ccccc2)[C@@H](OCc2ccccc2)[C@H]1OCc1ccccc1. The number of esters is 1. The first-order valence-electron chi connectivity index (χ1n) is 11.4. The summed E-state index contributed by atoms with van der Waals surface area (Å²) in [4.78, 5) is 11.8. The van der Waals surface area contributed by atoms with E-state index in [2.05, 4.69) is 0 Å². The highest BCUT2D eigenvalue weighted by molar-refractivity contribution is 8.00. The molecule has 3 aromatic carbocycles. The van der Waals surface area contributed by atoms with Gasteiger partial charge in [0.2, 0.25) is 0 Å².